The molecule has 9 heteroatoms. The average Bonchev–Trinajstić information content (AvgIpc) is 3.25. The van der Waals surface area contributed by atoms with Crippen molar-refractivity contribution in [2.24, 2.45) is 5.41 Å². The number of nitrogens with one attached hydrogen (secondary N) is 1. The number of amides is 2. The van der Waals surface area contributed by atoms with E-state index < -0.39 is 5.41 Å². The largest absolute Gasteiger partial charge is 0.378 e. The predicted molar refractivity (Wildman–Crippen MR) is 129 cm³/mol. The minimum atomic E-state index is -0.959. The number of H-pyrrole nitrogens is 1. The van der Waals surface area contributed by atoms with E-state index in [2.05, 4.69) is 4.98 Å². The van der Waals surface area contributed by atoms with Gasteiger partial charge in [0.25, 0.3) is 0 Å². The molecule has 2 atom stereocenters. The number of imide groups is 1. The molecule has 1 N–H and O–H groups in total. The van der Waals surface area contributed by atoms with Crippen molar-refractivity contribution in [2.75, 3.05) is 29.6 Å². The quantitative estimate of drug-likeness (QED) is 0.558. The second-order valence-electron chi connectivity index (χ2n) is 8.26. The van der Waals surface area contributed by atoms with Gasteiger partial charge in [-0.15, -0.1) is 11.8 Å². The first-order valence-electron chi connectivity index (χ1n) is 10.1. The number of thioether (sulfide) groups is 1. The standard InChI is InChI=1S/C23H20ClN3O3S2/c1-26(2)15-7-3-13(4-8-15)18-19-20(25-22(30)32-19)31-12-23(18)11-17(28)27(21(23)29)16-9-5-14(24)6-10-16/h3-10,18H,11-12H2,1-2H3,(H,25,30)/t18-,23+/m1/s1. The average molecular weight is 486 g/mol. The summed E-state index contributed by atoms with van der Waals surface area (Å²) in [5, 5.41) is 1.33. The van der Waals surface area contributed by atoms with Crippen LogP contribution in [0.1, 0.15) is 22.8 Å². The van der Waals surface area contributed by atoms with Crippen LogP contribution in [0.4, 0.5) is 11.4 Å². The summed E-state index contributed by atoms with van der Waals surface area (Å²) in [6.45, 7) is 0. The van der Waals surface area contributed by atoms with Crippen molar-refractivity contribution >= 4 is 57.9 Å². The molecule has 164 valence electrons. The fourth-order valence-corrected chi connectivity index (χ4v) is 7.23. The molecule has 1 aromatic heterocycles. The molecule has 2 amide bonds. The molecule has 3 heterocycles. The van der Waals surface area contributed by atoms with E-state index in [9.17, 15) is 14.4 Å². The first-order chi connectivity index (χ1) is 15.3. The number of rotatable bonds is 3. The highest BCUT2D eigenvalue weighted by Gasteiger charge is 2.59. The third-order valence-corrected chi connectivity index (χ3v) is 8.70. The molecule has 3 aromatic rings. The highest BCUT2D eigenvalue weighted by atomic mass is 35.5. The molecule has 1 fully saturated rings. The number of hydrogen-bond acceptors (Lipinski definition) is 6. The maximum Gasteiger partial charge on any atom is 0.305 e. The number of benzene rings is 2. The van der Waals surface area contributed by atoms with Crippen LogP contribution in [0.5, 0.6) is 0 Å². The fourth-order valence-electron chi connectivity index (χ4n) is 4.54. The third kappa shape index (κ3) is 3.29. The van der Waals surface area contributed by atoms with Crippen molar-refractivity contribution < 1.29 is 9.59 Å². The Morgan fingerprint density at radius 2 is 1.75 bits per heavy atom. The van der Waals surface area contributed by atoms with Gasteiger partial charge < -0.3 is 9.88 Å². The molecule has 5 rings (SSSR count). The molecule has 0 unspecified atom stereocenters. The summed E-state index contributed by atoms with van der Waals surface area (Å²) in [5.74, 6) is -0.432. The summed E-state index contributed by atoms with van der Waals surface area (Å²) in [7, 11) is 3.93. The molecule has 0 saturated carbocycles. The van der Waals surface area contributed by atoms with Gasteiger partial charge in [-0.25, -0.2) is 4.90 Å². The van der Waals surface area contributed by atoms with E-state index in [4.69, 9.17) is 11.6 Å². The number of thiazole rings is 1. The van der Waals surface area contributed by atoms with Crippen molar-refractivity contribution in [3.8, 4) is 0 Å². The summed E-state index contributed by atoms with van der Waals surface area (Å²) < 4.78 is 0. The lowest BCUT2D eigenvalue weighted by Crippen LogP contribution is -2.43. The van der Waals surface area contributed by atoms with Crippen LogP contribution in [0.3, 0.4) is 0 Å². The second-order valence-corrected chi connectivity index (χ2v) is 10.7. The van der Waals surface area contributed by atoms with Crippen molar-refractivity contribution in [3.63, 3.8) is 0 Å². The number of hydrogen-bond donors (Lipinski definition) is 1. The number of aromatic amines is 1. The maximum absolute atomic E-state index is 13.9. The van der Waals surface area contributed by atoms with Gasteiger partial charge in [-0.1, -0.05) is 35.1 Å². The van der Waals surface area contributed by atoms with Crippen molar-refractivity contribution in [2.45, 2.75) is 17.4 Å². The first-order valence-corrected chi connectivity index (χ1v) is 12.2. The molecule has 0 radical (unpaired) electrons. The van der Waals surface area contributed by atoms with E-state index in [0.717, 1.165) is 32.5 Å². The topological polar surface area (TPSA) is 73.5 Å². The number of carbonyl (C=O) groups excluding carboxylic acids is 2. The fraction of sp³-hybridized carbons (Fsp3) is 0.261. The number of nitrogens with zero attached hydrogens (tertiary/aromatic N) is 2. The molecule has 0 bridgehead atoms. The van der Waals surface area contributed by atoms with Crippen LogP contribution in [-0.2, 0) is 9.59 Å². The van der Waals surface area contributed by atoms with Crippen LogP contribution >= 0.6 is 34.7 Å². The smallest absolute Gasteiger partial charge is 0.305 e. The Labute approximate surface area is 198 Å². The van der Waals surface area contributed by atoms with Gasteiger partial charge in [0.05, 0.1) is 16.1 Å². The Balaban J connectivity index is 1.64. The summed E-state index contributed by atoms with van der Waals surface area (Å²) in [6.07, 6.45) is 0.0904. The number of aromatic nitrogens is 1. The summed E-state index contributed by atoms with van der Waals surface area (Å²) in [6, 6.07) is 14.7. The van der Waals surface area contributed by atoms with Crippen LogP contribution in [0.15, 0.2) is 58.4 Å². The van der Waals surface area contributed by atoms with Crippen LogP contribution in [0.2, 0.25) is 5.02 Å². The van der Waals surface area contributed by atoms with Gasteiger partial charge in [-0.3, -0.25) is 14.4 Å². The lowest BCUT2D eigenvalue weighted by atomic mass is 9.71. The number of halogens is 1. The third-order valence-electron chi connectivity index (χ3n) is 6.10. The minimum Gasteiger partial charge on any atom is -0.378 e. The van der Waals surface area contributed by atoms with Gasteiger partial charge in [0.1, 0.15) is 0 Å². The Bertz CT molecular complexity index is 1270. The van der Waals surface area contributed by atoms with Gasteiger partial charge in [0, 0.05) is 47.8 Å². The molecule has 0 aliphatic carbocycles. The maximum atomic E-state index is 13.9. The molecular weight excluding hydrogens is 466 g/mol. The number of anilines is 2. The second kappa shape index (κ2) is 7.79. The molecule has 1 saturated heterocycles. The zero-order valence-corrected chi connectivity index (χ0v) is 19.8. The summed E-state index contributed by atoms with van der Waals surface area (Å²) >= 11 is 8.57. The van der Waals surface area contributed by atoms with E-state index in [1.54, 1.807) is 24.3 Å². The predicted octanol–water partition coefficient (Wildman–Crippen LogP) is 4.34. The van der Waals surface area contributed by atoms with Gasteiger partial charge in [-0.05, 0) is 42.0 Å². The summed E-state index contributed by atoms with van der Waals surface area (Å²) in [4.78, 5) is 46.2. The highest BCUT2D eigenvalue weighted by molar-refractivity contribution is 7.99. The van der Waals surface area contributed by atoms with Gasteiger partial charge in [0.15, 0.2) is 0 Å². The van der Waals surface area contributed by atoms with Crippen LogP contribution in [0, 0.1) is 5.41 Å². The van der Waals surface area contributed by atoms with Gasteiger partial charge in [0.2, 0.25) is 11.8 Å². The van der Waals surface area contributed by atoms with Crippen LogP contribution < -0.4 is 14.7 Å². The van der Waals surface area contributed by atoms with Crippen LogP contribution in [0.25, 0.3) is 0 Å². The van der Waals surface area contributed by atoms with Crippen molar-refractivity contribution in [1.82, 2.24) is 4.98 Å². The van der Waals surface area contributed by atoms with Gasteiger partial charge >= 0.3 is 4.87 Å². The Morgan fingerprint density at radius 3 is 2.41 bits per heavy atom. The van der Waals surface area contributed by atoms with Crippen LogP contribution in [-0.4, -0.2) is 36.6 Å². The molecule has 1 spiro atoms. The normalized spacial score (nSPS) is 22.5. The monoisotopic (exact) mass is 485 g/mol. The molecule has 2 aliphatic rings. The molecule has 32 heavy (non-hydrogen) atoms. The van der Waals surface area contributed by atoms with E-state index in [1.165, 1.54) is 16.7 Å². The van der Waals surface area contributed by atoms with E-state index in [1.807, 2.05) is 43.3 Å². The Kier molecular flexibility index (Phi) is 5.19. The minimum absolute atomic E-state index is 0.0904. The number of fused-ring (bicyclic) bond motifs is 1. The Hall–Kier alpha value is -2.55. The lowest BCUT2D eigenvalue weighted by Gasteiger charge is -2.38. The van der Waals surface area contributed by atoms with Gasteiger partial charge in [-0.2, -0.15) is 0 Å². The zero-order valence-electron chi connectivity index (χ0n) is 17.4. The first kappa shape index (κ1) is 21.3. The molecule has 2 aliphatic heterocycles. The van der Waals surface area contributed by atoms with Crippen molar-refractivity contribution in [3.05, 3.63) is 73.7 Å². The Morgan fingerprint density at radius 1 is 1.06 bits per heavy atom. The molecule has 6 nitrogen and oxygen atoms in total. The molecular formula is C23H20ClN3O3S2. The number of carbonyl (C=O) groups is 2. The SMILES string of the molecule is CN(C)c1ccc([C@@H]2c3sc(=O)[nH]c3SC[C@@]23CC(=O)N(c2ccc(Cl)cc2)C3=O)cc1. The van der Waals surface area contributed by atoms with Crippen molar-refractivity contribution in [1.29, 1.82) is 0 Å². The lowest BCUT2D eigenvalue weighted by molar-refractivity contribution is -0.125. The highest BCUT2D eigenvalue weighted by Crippen LogP contribution is 2.57. The summed E-state index contributed by atoms with van der Waals surface area (Å²) in [5.41, 5.74) is 1.51. The van der Waals surface area contributed by atoms with E-state index in [-0.39, 0.29) is 29.0 Å². The van der Waals surface area contributed by atoms with E-state index in [0.29, 0.717) is 16.5 Å². The van der Waals surface area contributed by atoms with E-state index >= 15 is 0 Å². The molecule has 2 aromatic carbocycles. The zero-order chi connectivity index (χ0) is 22.6.